The van der Waals surface area contributed by atoms with Gasteiger partial charge in [-0.15, -0.1) is 0 Å². The molecule has 0 atom stereocenters. The van der Waals surface area contributed by atoms with Gasteiger partial charge in [0, 0.05) is 31.1 Å². The molecule has 1 aromatic carbocycles. The van der Waals surface area contributed by atoms with Crippen LogP contribution in [0.1, 0.15) is 29.3 Å². The van der Waals surface area contributed by atoms with Crippen molar-refractivity contribution in [3.8, 4) is 0 Å². The van der Waals surface area contributed by atoms with Crippen molar-refractivity contribution >= 4 is 32.9 Å². The van der Waals surface area contributed by atoms with Crippen molar-refractivity contribution in [1.29, 1.82) is 0 Å². The number of aromatic amines is 1. The number of sulfone groups is 1. The Kier molecular flexibility index (Phi) is 5.45. The maximum Gasteiger partial charge on any atom is 0.277 e. The first-order chi connectivity index (χ1) is 12.8. The number of ether oxygens (including phenoxy) is 1. The number of nitrogens with one attached hydrogen (secondary N) is 1. The predicted octanol–water partition coefficient (Wildman–Crippen LogP) is 1.67. The first-order valence-electron chi connectivity index (χ1n) is 8.43. The Morgan fingerprint density at radius 1 is 1.33 bits per heavy atom. The molecule has 8 nitrogen and oxygen atoms in total. The maximum absolute atomic E-state index is 12.9. The fourth-order valence-electron chi connectivity index (χ4n) is 3.04. The molecule has 0 spiro atoms. The number of anilines is 1. The molecule has 0 bridgehead atoms. The van der Waals surface area contributed by atoms with Gasteiger partial charge in [-0.2, -0.15) is 0 Å². The average Bonchev–Trinajstić information content (AvgIpc) is 3.01. The van der Waals surface area contributed by atoms with Gasteiger partial charge in [0.15, 0.2) is 9.84 Å². The van der Waals surface area contributed by atoms with E-state index in [0.717, 1.165) is 6.26 Å². The Hall–Kier alpha value is -2.10. The second-order valence-corrected chi connectivity index (χ2v) is 8.63. The zero-order chi connectivity index (χ0) is 19.8. The highest BCUT2D eigenvalue weighted by Crippen LogP contribution is 2.37. The number of benzene rings is 1. The molecule has 1 aliphatic rings. The number of aryl methyl sites for hydroxylation is 1. The summed E-state index contributed by atoms with van der Waals surface area (Å²) in [6, 6.07) is 2.70. The summed E-state index contributed by atoms with van der Waals surface area (Å²) in [6.07, 6.45) is 3.12. The van der Waals surface area contributed by atoms with Gasteiger partial charge < -0.3 is 14.7 Å². The quantitative estimate of drug-likeness (QED) is 0.748. The zero-order valence-corrected chi connectivity index (χ0v) is 16.6. The van der Waals surface area contributed by atoms with Crippen LogP contribution in [0.2, 0.25) is 5.02 Å². The SMILES string of the molecule is CCn1[nH]cc(C(=O)c2ccc(S(C)(=O)=O)c(N3CCCOC3)c2Cl)c1=O. The normalized spacial score (nSPS) is 15.1. The van der Waals surface area contributed by atoms with Gasteiger partial charge in [-0.05, 0) is 25.5 Å². The highest BCUT2D eigenvalue weighted by Gasteiger charge is 2.28. The largest absolute Gasteiger partial charge is 0.361 e. The molecular weight excluding hydrogens is 394 g/mol. The van der Waals surface area contributed by atoms with Crippen LogP contribution in [0.25, 0.3) is 0 Å². The molecule has 2 heterocycles. The molecule has 1 saturated heterocycles. The molecule has 1 N–H and O–H groups in total. The molecule has 27 heavy (non-hydrogen) atoms. The van der Waals surface area contributed by atoms with Gasteiger partial charge in [0.25, 0.3) is 5.56 Å². The molecule has 0 amide bonds. The second kappa shape index (κ2) is 7.49. The van der Waals surface area contributed by atoms with Crippen molar-refractivity contribution < 1.29 is 17.9 Å². The van der Waals surface area contributed by atoms with Gasteiger partial charge in [-0.25, -0.2) is 8.42 Å². The third-order valence-electron chi connectivity index (χ3n) is 4.40. The topological polar surface area (TPSA) is 101 Å². The first kappa shape index (κ1) is 19.7. The molecule has 2 aromatic rings. The van der Waals surface area contributed by atoms with Crippen molar-refractivity contribution in [1.82, 2.24) is 9.78 Å². The number of nitrogens with zero attached hydrogens (tertiary/aromatic N) is 2. The number of carbonyl (C=O) groups excluding carboxylic acids is 1. The van der Waals surface area contributed by atoms with Crippen LogP contribution in [0.4, 0.5) is 5.69 Å². The van der Waals surface area contributed by atoms with E-state index in [1.807, 2.05) is 0 Å². The van der Waals surface area contributed by atoms with Crippen LogP contribution in [0.5, 0.6) is 0 Å². The van der Waals surface area contributed by atoms with E-state index in [4.69, 9.17) is 16.3 Å². The summed E-state index contributed by atoms with van der Waals surface area (Å²) < 4.78 is 31.2. The predicted molar refractivity (Wildman–Crippen MR) is 102 cm³/mol. The summed E-state index contributed by atoms with van der Waals surface area (Å²) in [5.74, 6) is -0.562. The van der Waals surface area contributed by atoms with Crippen molar-refractivity contribution in [2.45, 2.75) is 24.8 Å². The zero-order valence-electron chi connectivity index (χ0n) is 15.0. The molecule has 0 unspecified atom stereocenters. The van der Waals surface area contributed by atoms with Crippen LogP contribution in [-0.4, -0.2) is 50.1 Å². The highest BCUT2D eigenvalue weighted by atomic mass is 35.5. The Morgan fingerprint density at radius 2 is 2.07 bits per heavy atom. The molecule has 10 heteroatoms. The van der Waals surface area contributed by atoms with Crippen LogP contribution in [0, 0.1) is 0 Å². The smallest absolute Gasteiger partial charge is 0.277 e. The molecule has 1 fully saturated rings. The van der Waals surface area contributed by atoms with Crippen LogP contribution in [0.3, 0.4) is 0 Å². The van der Waals surface area contributed by atoms with Crippen LogP contribution in [0.15, 0.2) is 28.0 Å². The van der Waals surface area contributed by atoms with E-state index in [-0.39, 0.29) is 33.5 Å². The second-order valence-electron chi connectivity index (χ2n) is 6.27. The molecule has 1 aromatic heterocycles. The lowest BCUT2D eigenvalue weighted by Gasteiger charge is -2.31. The molecule has 146 valence electrons. The number of carbonyl (C=O) groups is 1. The van der Waals surface area contributed by atoms with Crippen molar-refractivity contribution in [2.75, 3.05) is 31.0 Å². The molecule has 3 rings (SSSR count). The molecular formula is C17H20ClN3O5S. The maximum atomic E-state index is 12.9. The first-order valence-corrected chi connectivity index (χ1v) is 10.7. The minimum atomic E-state index is -3.59. The van der Waals surface area contributed by atoms with Gasteiger partial charge in [-0.1, -0.05) is 11.6 Å². The van der Waals surface area contributed by atoms with Gasteiger partial charge in [0.05, 0.1) is 22.2 Å². The van der Waals surface area contributed by atoms with Gasteiger partial charge in [-0.3, -0.25) is 14.3 Å². The van der Waals surface area contributed by atoms with E-state index in [1.165, 1.54) is 23.0 Å². The van der Waals surface area contributed by atoms with E-state index in [2.05, 4.69) is 5.10 Å². The molecule has 0 radical (unpaired) electrons. The standard InChI is InChI=1S/C17H20ClN3O5S/c1-3-21-17(23)12(9-19-21)16(22)11-5-6-13(27(2,24)25)15(14(11)18)20-7-4-8-26-10-20/h5-6,9,19H,3-4,7-8,10H2,1-2H3. The fourth-order valence-corrected chi connectivity index (χ4v) is 4.36. The lowest BCUT2D eigenvalue weighted by Crippen LogP contribution is -2.34. The number of ketones is 1. The third-order valence-corrected chi connectivity index (χ3v) is 5.92. The van der Waals surface area contributed by atoms with Crippen molar-refractivity contribution in [2.24, 2.45) is 0 Å². The van der Waals surface area contributed by atoms with E-state index in [9.17, 15) is 18.0 Å². The van der Waals surface area contributed by atoms with Crippen LogP contribution in [-0.2, 0) is 21.1 Å². The van der Waals surface area contributed by atoms with Gasteiger partial charge in [0.1, 0.15) is 12.3 Å². The van der Waals surface area contributed by atoms with E-state index >= 15 is 0 Å². The monoisotopic (exact) mass is 413 g/mol. The average molecular weight is 414 g/mol. The number of H-pyrrole nitrogens is 1. The minimum Gasteiger partial charge on any atom is -0.361 e. The molecule has 1 aliphatic heterocycles. The number of rotatable bonds is 5. The van der Waals surface area contributed by atoms with Gasteiger partial charge >= 0.3 is 0 Å². The summed E-state index contributed by atoms with van der Waals surface area (Å²) in [5, 5.41) is 2.72. The summed E-state index contributed by atoms with van der Waals surface area (Å²) in [5.41, 5.74) is -0.194. The lowest BCUT2D eigenvalue weighted by atomic mass is 10.0. The molecule has 0 aliphatic carbocycles. The van der Waals surface area contributed by atoms with Crippen LogP contribution >= 0.6 is 11.6 Å². The van der Waals surface area contributed by atoms with Crippen molar-refractivity contribution in [3.63, 3.8) is 0 Å². The highest BCUT2D eigenvalue weighted by molar-refractivity contribution is 7.90. The Bertz CT molecular complexity index is 1040. The van der Waals surface area contributed by atoms with Crippen molar-refractivity contribution in [3.05, 3.63) is 44.8 Å². The fraction of sp³-hybridized carbons (Fsp3) is 0.412. The summed E-state index contributed by atoms with van der Waals surface area (Å²) in [7, 11) is -3.59. The minimum absolute atomic E-state index is 0.00271. The Labute approximate surface area is 161 Å². The summed E-state index contributed by atoms with van der Waals surface area (Å²) in [6.45, 7) is 3.46. The van der Waals surface area contributed by atoms with Gasteiger partial charge in [0.2, 0.25) is 5.78 Å². The lowest BCUT2D eigenvalue weighted by molar-refractivity contribution is 0.103. The number of hydrogen-bond donors (Lipinski definition) is 1. The summed E-state index contributed by atoms with van der Waals surface area (Å²) >= 11 is 6.49. The van der Waals surface area contributed by atoms with Crippen LogP contribution < -0.4 is 10.5 Å². The number of hydrogen-bond acceptors (Lipinski definition) is 6. The van der Waals surface area contributed by atoms with E-state index in [0.29, 0.717) is 26.1 Å². The Morgan fingerprint density at radius 3 is 2.63 bits per heavy atom. The van der Waals surface area contributed by atoms with E-state index < -0.39 is 21.2 Å². The molecule has 0 saturated carbocycles. The summed E-state index contributed by atoms with van der Waals surface area (Å²) in [4.78, 5) is 26.9. The van der Waals surface area contributed by atoms with E-state index in [1.54, 1.807) is 11.8 Å². The Balaban J connectivity index is 2.16. The third kappa shape index (κ3) is 3.67. The number of halogens is 1. The number of aromatic nitrogens is 2.